The van der Waals surface area contributed by atoms with Crippen molar-refractivity contribution >= 4 is 29.7 Å². The minimum atomic E-state index is -0.267. The normalized spacial score (nSPS) is 10.0. The number of amides is 1. The molecule has 0 saturated carbocycles. The number of rotatable bonds is 2. The van der Waals surface area contributed by atoms with E-state index < -0.39 is 0 Å². The molecule has 0 saturated heterocycles. The quantitative estimate of drug-likeness (QED) is 0.510. The largest absolute Gasteiger partial charge is 0.276 e. The fraction of sp³-hybridized carbons (Fsp3) is 0. The van der Waals surface area contributed by atoms with E-state index in [1.165, 1.54) is 11.6 Å². The van der Waals surface area contributed by atoms with Crippen LogP contribution in [0.2, 0.25) is 0 Å². The van der Waals surface area contributed by atoms with Gasteiger partial charge in [0.25, 0.3) is 5.91 Å². The zero-order chi connectivity index (χ0) is 8.81. The third-order valence-corrected chi connectivity index (χ3v) is 1.40. The van der Waals surface area contributed by atoms with Crippen molar-refractivity contribution in [3.05, 3.63) is 35.9 Å². The van der Waals surface area contributed by atoms with Gasteiger partial charge in [-0.2, -0.15) is 0 Å². The molecule has 60 valence electrons. The van der Waals surface area contributed by atoms with Gasteiger partial charge >= 0.3 is 0 Å². The van der Waals surface area contributed by atoms with Gasteiger partial charge in [-0.1, -0.05) is 30.4 Å². The standard InChI is InChI=1S/C9H7NOS/c11-9(10-6-7-12)8-4-2-1-3-5-8/h1-7H. The van der Waals surface area contributed by atoms with Crippen molar-refractivity contribution in [2.24, 2.45) is 4.99 Å². The van der Waals surface area contributed by atoms with E-state index in [1.807, 2.05) is 6.07 Å². The Balaban J connectivity index is 2.79. The summed E-state index contributed by atoms with van der Waals surface area (Å²) in [7, 11) is 0. The summed E-state index contributed by atoms with van der Waals surface area (Å²) in [6, 6.07) is 8.85. The number of carbonyl (C=O) groups excluding carboxylic acids is 1. The molecule has 0 aliphatic carbocycles. The van der Waals surface area contributed by atoms with Crippen LogP contribution in [-0.2, 0) is 0 Å². The first kappa shape index (κ1) is 8.74. The van der Waals surface area contributed by atoms with Gasteiger partial charge in [0.2, 0.25) is 0 Å². The molecule has 0 aliphatic rings. The fourth-order valence-electron chi connectivity index (χ4n) is 0.753. The first-order chi connectivity index (χ1) is 5.84. The van der Waals surface area contributed by atoms with E-state index in [9.17, 15) is 4.79 Å². The van der Waals surface area contributed by atoms with E-state index >= 15 is 0 Å². The van der Waals surface area contributed by atoms with Gasteiger partial charge in [0.05, 0.1) is 0 Å². The van der Waals surface area contributed by atoms with Crippen LogP contribution in [0.3, 0.4) is 0 Å². The van der Waals surface area contributed by atoms with Crippen LogP contribution in [0.1, 0.15) is 10.4 Å². The molecule has 1 rings (SSSR count). The van der Waals surface area contributed by atoms with Crippen molar-refractivity contribution in [1.29, 1.82) is 0 Å². The Morgan fingerprint density at radius 1 is 1.33 bits per heavy atom. The number of carbonyl (C=O) groups is 1. The molecule has 3 heteroatoms. The second-order valence-electron chi connectivity index (χ2n) is 2.09. The fourth-order valence-corrected chi connectivity index (χ4v) is 0.814. The van der Waals surface area contributed by atoms with Crippen LogP contribution in [0, 0.1) is 0 Å². The lowest BCUT2D eigenvalue weighted by Crippen LogP contribution is -1.94. The topological polar surface area (TPSA) is 29.4 Å². The van der Waals surface area contributed by atoms with Crippen LogP contribution in [0.15, 0.2) is 35.3 Å². The van der Waals surface area contributed by atoms with E-state index in [0.29, 0.717) is 5.56 Å². The van der Waals surface area contributed by atoms with E-state index in [4.69, 9.17) is 0 Å². The summed E-state index contributed by atoms with van der Waals surface area (Å²) in [6.07, 6.45) is 1.31. The molecule has 1 aromatic rings. The van der Waals surface area contributed by atoms with Crippen LogP contribution in [0.4, 0.5) is 0 Å². The summed E-state index contributed by atoms with van der Waals surface area (Å²) in [4.78, 5) is 14.7. The number of benzene rings is 1. The first-order valence-electron chi connectivity index (χ1n) is 3.42. The van der Waals surface area contributed by atoms with Crippen molar-refractivity contribution in [1.82, 2.24) is 0 Å². The van der Waals surface area contributed by atoms with Gasteiger partial charge < -0.3 is 0 Å². The number of aliphatic imine (C=N–C) groups is 1. The van der Waals surface area contributed by atoms with Crippen LogP contribution in [0.25, 0.3) is 0 Å². The summed E-state index contributed by atoms with van der Waals surface area (Å²) >= 11 is 4.49. The lowest BCUT2D eigenvalue weighted by Gasteiger charge is -1.91. The Kier molecular flexibility index (Phi) is 3.29. The molecule has 1 aromatic carbocycles. The second kappa shape index (κ2) is 4.51. The monoisotopic (exact) mass is 177 g/mol. The predicted molar refractivity (Wildman–Crippen MR) is 52.9 cm³/mol. The van der Waals surface area contributed by atoms with Gasteiger partial charge in [0, 0.05) is 17.1 Å². The Bertz CT molecular complexity index is 306. The van der Waals surface area contributed by atoms with Crippen LogP contribution < -0.4 is 0 Å². The highest BCUT2D eigenvalue weighted by Crippen LogP contribution is 1.99. The molecule has 0 heterocycles. The van der Waals surface area contributed by atoms with Gasteiger partial charge in [-0.05, 0) is 12.1 Å². The third-order valence-electron chi connectivity index (χ3n) is 1.27. The number of hydrogen-bond acceptors (Lipinski definition) is 2. The smallest absolute Gasteiger partial charge is 0.267 e. The third kappa shape index (κ3) is 2.36. The summed E-state index contributed by atoms with van der Waals surface area (Å²) in [5.74, 6) is -0.267. The molecular formula is C9H7NOS. The molecule has 0 bridgehead atoms. The van der Waals surface area contributed by atoms with E-state index in [0.717, 1.165) is 0 Å². The Labute approximate surface area is 75.9 Å². The summed E-state index contributed by atoms with van der Waals surface area (Å²) < 4.78 is 0. The lowest BCUT2D eigenvalue weighted by atomic mass is 10.2. The van der Waals surface area contributed by atoms with Crippen LogP contribution in [-0.4, -0.2) is 17.5 Å². The molecule has 0 radical (unpaired) electrons. The summed E-state index contributed by atoms with van der Waals surface area (Å²) in [5.41, 5.74) is 0.575. The van der Waals surface area contributed by atoms with Crippen molar-refractivity contribution in [3.63, 3.8) is 0 Å². The molecule has 0 atom stereocenters. The van der Waals surface area contributed by atoms with Gasteiger partial charge in [0.15, 0.2) is 0 Å². The Morgan fingerprint density at radius 3 is 2.58 bits per heavy atom. The minimum absolute atomic E-state index is 0.267. The highest BCUT2D eigenvalue weighted by atomic mass is 32.1. The molecule has 1 amide bonds. The highest BCUT2D eigenvalue weighted by Gasteiger charge is 1.98. The van der Waals surface area contributed by atoms with Crippen molar-refractivity contribution in [2.45, 2.75) is 0 Å². The molecule has 0 spiro atoms. The highest BCUT2D eigenvalue weighted by molar-refractivity contribution is 7.80. The Hall–Kier alpha value is -1.35. The minimum Gasteiger partial charge on any atom is -0.267 e. The van der Waals surface area contributed by atoms with E-state index in [1.54, 1.807) is 24.3 Å². The zero-order valence-corrected chi connectivity index (χ0v) is 7.12. The van der Waals surface area contributed by atoms with Crippen LogP contribution in [0.5, 0.6) is 0 Å². The van der Waals surface area contributed by atoms with Gasteiger partial charge in [-0.15, -0.1) is 0 Å². The van der Waals surface area contributed by atoms with Gasteiger partial charge in [-0.25, -0.2) is 4.99 Å². The molecule has 0 unspecified atom stereocenters. The zero-order valence-electron chi connectivity index (χ0n) is 6.31. The van der Waals surface area contributed by atoms with Crippen molar-refractivity contribution in [2.75, 3.05) is 0 Å². The van der Waals surface area contributed by atoms with Gasteiger partial charge in [0.1, 0.15) is 0 Å². The maximum absolute atomic E-state index is 11.1. The Morgan fingerprint density at radius 2 is 2.00 bits per heavy atom. The number of hydrogen-bond donors (Lipinski definition) is 0. The molecular weight excluding hydrogens is 170 g/mol. The van der Waals surface area contributed by atoms with E-state index in [2.05, 4.69) is 17.2 Å². The molecule has 0 aromatic heterocycles. The van der Waals surface area contributed by atoms with Gasteiger partial charge in [-0.3, -0.25) is 4.79 Å². The maximum atomic E-state index is 11.1. The molecule has 2 nitrogen and oxygen atoms in total. The summed E-state index contributed by atoms with van der Waals surface area (Å²) in [5, 5.41) is 1.31. The molecule has 0 fully saturated rings. The number of nitrogens with zero attached hydrogens (tertiary/aromatic N) is 1. The van der Waals surface area contributed by atoms with Crippen molar-refractivity contribution < 1.29 is 4.79 Å². The predicted octanol–water partition coefficient (Wildman–Crippen LogP) is 1.90. The molecule has 12 heavy (non-hydrogen) atoms. The SMILES string of the molecule is O=C(N=CC=S)c1ccccc1. The number of thiocarbonyl (C=S) groups is 1. The molecule has 0 aliphatic heterocycles. The average Bonchev–Trinajstić information content (AvgIpc) is 2.15. The first-order valence-corrected chi connectivity index (χ1v) is 3.89. The summed E-state index contributed by atoms with van der Waals surface area (Å²) in [6.45, 7) is 0. The average molecular weight is 177 g/mol. The maximum Gasteiger partial charge on any atom is 0.276 e. The lowest BCUT2D eigenvalue weighted by molar-refractivity contribution is 0.100. The molecule has 0 N–H and O–H groups in total. The van der Waals surface area contributed by atoms with Crippen LogP contribution >= 0.6 is 12.2 Å². The van der Waals surface area contributed by atoms with E-state index in [-0.39, 0.29) is 5.91 Å². The second-order valence-corrected chi connectivity index (χ2v) is 2.36. The van der Waals surface area contributed by atoms with Crippen molar-refractivity contribution in [3.8, 4) is 0 Å².